The number of halogens is 1. The fourth-order valence-corrected chi connectivity index (χ4v) is 2.07. The summed E-state index contributed by atoms with van der Waals surface area (Å²) in [6, 6.07) is 8.15. The van der Waals surface area contributed by atoms with Crippen LogP contribution in [0.1, 0.15) is 31.7 Å². The lowest BCUT2D eigenvalue weighted by Gasteiger charge is -2.12. The van der Waals surface area contributed by atoms with Crippen LogP contribution in [0.3, 0.4) is 0 Å². The van der Waals surface area contributed by atoms with Crippen LogP contribution in [0.4, 0.5) is 0 Å². The lowest BCUT2D eigenvalue weighted by atomic mass is 10.1. The van der Waals surface area contributed by atoms with E-state index in [2.05, 4.69) is 34.7 Å². The summed E-state index contributed by atoms with van der Waals surface area (Å²) in [4.78, 5) is 4.23. The van der Waals surface area contributed by atoms with Gasteiger partial charge in [0.15, 0.2) is 5.96 Å². The number of nitrogens with zero attached hydrogens (tertiary/aromatic N) is 1. The first kappa shape index (κ1) is 23.0. The van der Waals surface area contributed by atoms with E-state index < -0.39 is 0 Å². The molecule has 0 aliphatic heterocycles. The van der Waals surface area contributed by atoms with E-state index in [9.17, 15) is 0 Å². The molecule has 0 unspecified atom stereocenters. The van der Waals surface area contributed by atoms with Crippen LogP contribution in [-0.4, -0.2) is 46.4 Å². The van der Waals surface area contributed by atoms with Crippen molar-refractivity contribution in [1.29, 1.82) is 0 Å². The Labute approximate surface area is 163 Å². The van der Waals surface area contributed by atoms with Crippen molar-refractivity contribution in [2.75, 3.05) is 40.5 Å². The van der Waals surface area contributed by atoms with Gasteiger partial charge in [0, 0.05) is 33.4 Å². The second-order valence-corrected chi connectivity index (χ2v) is 5.34. The molecular formula is C18H32IN3O2. The Morgan fingerprint density at radius 1 is 1.04 bits per heavy atom. The minimum atomic E-state index is 0. The third-order valence-corrected chi connectivity index (χ3v) is 3.49. The maximum Gasteiger partial charge on any atom is 0.190 e. The number of ether oxygens (including phenoxy) is 2. The van der Waals surface area contributed by atoms with Crippen molar-refractivity contribution in [3.63, 3.8) is 0 Å². The highest BCUT2D eigenvalue weighted by molar-refractivity contribution is 14.0. The molecule has 0 bridgehead atoms. The molecule has 0 fully saturated rings. The fourth-order valence-electron chi connectivity index (χ4n) is 2.07. The number of hydrogen-bond donors (Lipinski definition) is 2. The van der Waals surface area contributed by atoms with Gasteiger partial charge in [-0.15, -0.1) is 24.0 Å². The topological polar surface area (TPSA) is 54.9 Å². The minimum absolute atomic E-state index is 0. The normalized spacial score (nSPS) is 10.9. The number of nitrogens with one attached hydrogen (secondary N) is 2. The van der Waals surface area contributed by atoms with E-state index in [1.165, 1.54) is 12.0 Å². The molecule has 0 spiro atoms. The van der Waals surface area contributed by atoms with Gasteiger partial charge in [-0.25, -0.2) is 0 Å². The summed E-state index contributed by atoms with van der Waals surface area (Å²) in [5, 5.41) is 6.63. The van der Waals surface area contributed by atoms with Gasteiger partial charge in [-0.05, 0) is 37.0 Å². The molecule has 0 aromatic heterocycles. The lowest BCUT2D eigenvalue weighted by Crippen LogP contribution is -2.39. The number of unbranched alkanes of at least 4 members (excludes halogenated alkanes) is 1. The van der Waals surface area contributed by atoms with E-state index in [0.717, 1.165) is 57.3 Å². The van der Waals surface area contributed by atoms with Gasteiger partial charge in [0.1, 0.15) is 5.75 Å². The highest BCUT2D eigenvalue weighted by atomic mass is 127. The van der Waals surface area contributed by atoms with Crippen molar-refractivity contribution in [1.82, 2.24) is 10.6 Å². The average Bonchev–Trinajstić information content (AvgIpc) is 2.60. The number of benzene rings is 1. The molecule has 0 amide bonds. The Hall–Kier alpha value is -1.02. The fraction of sp³-hybridized carbons (Fsp3) is 0.611. The van der Waals surface area contributed by atoms with Crippen molar-refractivity contribution in [3.8, 4) is 5.75 Å². The van der Waals surface area contributed by atoms with Crippen molar-refractivity contribution in [2.45, 2.75) is 32.6 Å². The third kappa shape index (κ3) is 10.7. The first-order valence-corrected chi connectivity index (χ1v) is 8.45. The van der Waals surface area contributed by atoms with Crippen LogP contribution in [0.2, 0.25) is 0 Å². The second kappa shape index (κ2) is 15.5. The van der Waals surface area contributed by atoms with Gasteiger partial charge < -0.3 is 20.1 Å². The summed E-state index contributed by atoms with van der Waals surface area (Å²) in [7, 11) is 3.47. The molecule has 0 saturated heterocycles. The Bertz CT molecular complexity index is 438. The van der Waals surface area contributed by atoms with Crippen LogP contribution < -0.4 is 15.4 Å². The Kier molecular flexibility index (Phi) is 14.8. The van der Waals surface area contributed by atoms with Crippen molar-refractivity contribution in [3.05, 3.63) is 29.8 Å². The zero-order chi connectivity index (χ0) is 16.8. The predicted octanol–water partition coefficient (Wildman–Crippen LogP) is 3.23. The molecule has 6 heteroatoms. The highest BCUT2D eigenvalue weighted by Gasteiger charge is 1.98. The summed E-state index contributed by atoms with van der Waals surface area (Å²) < 4.78 is 10.7. The highest BCUT2D eigenvalue weighted by Crippen LogP contribution is 2.11. The van der Waals surface area contributed by atoms with E-state index in [-0.39, 0.29) is 24.0 Å². The van der Waals surface area contributed by atoms with Crippen LogP contribution in [0, 0.1) is 0 Å². The summed E-state index contributed by atoms with van der Waals surface area (Å²) in [6.07, 6.45) is 4.26. The Balaban J connectivity index is 0.00000529. The second-order valence-electron chi connectivity index (χ2n) is 5.34. The van der Waals surface area contributed by atoms with Crippen LogP contribution in [-0.2, 0) is 11.2 Å². The van der Waals surface area contributed by atoms with Crippen LogP contribution in [0.25, 0.3) is 0 Å². The van der Waals surface area contributed by atoms with Gasteiger partial charge in [0.25, 0.3) is 0 Å². The van der Waals surface area contributed by atoms with E-state index in [1.54, 1.807) is 14.2 Å². The molecule has 0 atom stereocenters. The van der Waals surface area contributed by atoms with Gasteiger partial charge in [-0.3, -0.25) is 4.99 Å². The van der Waals surface area contributed by atoms with Gasteiger partial charge in [0.05, 0.1) is 7.11 Å². The molecule has 1 aromatic carbocycles. The Morgan fingerprint density at radius 3 is 2.33 bits per heavy atom. The molecule has 5 nitrogen and oxygen atoms in total. The maximum atomic E-state index is 5.54. The molecule has 0 saturated carbocycles. The number of rotatable bonds is 11. The molecule has 24 heavy (non-hydrogen) atoms. The summed E-state index contributed by atoms with van der Waals surface area (Å²) in [5.74, 6) is 1.73. The van der Waals surface area contributed by atoms with Crippen LogP contribution >= 0.6 is 24.0 Å². The number of hydrogen-bond acceptors (Lipinski definition) is 3. The molecule has 138 valence electrons. The van der Waals surface area contributed by atoms with Crippen molar-refractivity contribution in [2.24, 2.45) is 4.99 Å². The Morgan fingerprint density at radius 2 is 1.71 bits per heavy atom. The van der Waals surface area contributed by atoms with Crippen molar-refractivity contribution < 1.29 is 9.47 Å². The minimum Gasteiger partial charge on any atom is -0.497 e. The monoisotopic (exact) mass is 449 g/mol. The quantitative estimate of drug-likeness (QED) is 0.236. The first-order chi connectivity index (χ1) is 11.3. The molecule has 2 N–H and O–H groups in total. The molecular weight excluding hydrogens is 417 g/mol. The van der Waals surface area contributed by atoms with Crippen molar-refractivity contribution >= 4 is 29.9 Å². The van der Waals surface area contributed by atoms with E-state index in [1.807, 2.05) is 12.1 Å². The summed E-state index contributed by atoms with van der Waals surface area (Å²) in [6.45, 7) is 5.56. The zero-order valence-electron chi connectivity index (χ0n) is 15.1. The smallest absolute Gasteiger partial charge is 0.190 e. The largest absolute Gasteiger partial charge is 0.497 e. The lowest BCUT2D eigenvalue weighted by molar-refractivity contribution is 0.129. The number of methoxy groups -OCH3 is 1. The molecule has 1 rings (SSSR count). The average molecular weight is 449 g/mol. The third-order valence-electron chi connectivity index (χ3n) is 3.49. The van der Waals surface area contributed by atoms with Crippen LogP contribution in [0.5, 0.6) is 5.75 Å². The zero-order valence-corrected chi connectivity index (χ0v) is 17.5. The standard InChI is InChI=1S/C18H31N3O2.HI/c1-4-5-14-23-15-6-12-20-18(19-2)21-13-11-16-7-9-17(22-3)10-8-16;/h7-10H,4-6,11-15H2,1-3H3,(H2,19,20,21);1H. The molecule has 1 aromatic rings. The molecule has 0 aliphatic carbocycles. The number of guanidine groups is 1. The molecule has 0 radical (unpaired) electrons. The summed E-state index contributed by atoms with van der Waals surface area (Å²) >= 11 is 0. The molecule has 0 aliphatic rings. The number of aliphatic imine (C=N–C) groups is 1. The van der Waals surface area contributed by atoms with Gasteiger partial charge >= 0.3 is 0 Å². The molecule has 0 heterocycles. The summed E-state index contributed by atoms with van der Waals surface area (Å²) in [5.41, 5.74) is 1.28. The van der Waals surface area contributed by atoms with E-state index in [4.69, 9.17) is 9.47 Å². The van der Waals surface area contributed by atoms with E-state index >= 15 is 0 Å². The maximum absolute atomic E-state index is 5.54. The van der Waals surface area contributed by atoms with Gasteiger partial charge in [-0.1, -0.05) is 25.5 Å². The van der Waals surface area contributed by atoms with E-state index in [0.29, 0.717) is 0 Å². The first-order valence-electron chi connectivity index (χ1n) is 8.45. The predicted molar refractivity (Wildman–Crippen MR) is 112 cm³/mol. The van der Waals surface area contributed by atoms with Gasteiger partial charge in [0.2, 0.25) is 0 Å². The van der Waals surface area contributed by atoms with Gasteiger partial charge in [-0.2, -0.15) is 0 Å². The SMILES string of the molecule is CCCCOCCCNC(=NC)NCCc1ccc(OC)cc1.I. The van der Waals surface area contributed by atoms with Crippen LogP contribution in [0.15, 0.2) is 29.3 Å².